The number of thiophene rings is 1. The van der Waals surface area contributed by atoms with Crippen LogP contribution < -0.4 is 0 Å². The number of hydrogen-bond donors (Lipinski definition) is 0. The Morgan fingerprint density at radius 3 is 1.41 bits per heavy atom. The molecular weight excluding hydrogens is 617 g/mol. The lowest BCUT2D eigenvalue weighted by atomic mass is 9.85. The Balaban J connectivity index is 1.31. The summed E-state index contributed by atoms with van der Waals surface area (Å²) in [5.74, 6) is 0. The molecule has 3 aromatic heterocycles. The van der Waals surface area contributed by atoms with Gasteiger partial charge in [-0.2, -0.15) is 10.5 Å². The van der Waals surface area contributed by atoms with E-state index in [9.17, 15) is 10.5 Å². The summed E-state index contributed by atoms with van der Waals surface area (Å²) in [5.41, 5.74) is 9.28. The Hall–Kier alpha value is -6.66. The summed E-state index contributed by atoms with van der Waals surface area (Å²) in [4.78, 5) is 9.05. The predicted molar refractivity (Wildman–Crippen MR) is 201 cm³/mol. The van der Waals surface area contributed by atoms with Gasteiger partial charge in [0.1, 0.15) is 0 Å². The molecule has 3 heterocycles. The minimum Gasteiger partial charge on any atom is -0.256 e. The fourth-order valence-electron chi connectivity index (χ4n) is 6.95. The molecule has 0 bridgehead atoms. The van der Waals surface area contributed by atoms with Gasteiger partial charge in [0.15, 0.2) is 0 Å². The largest absolute Gasteiger partial charge is 0.256 e. The Kier molecular flexibility index (Phi) is 6.73. The van der Waals surface area contributed by atoms with Crippen molar-refractivity contribution in [3.05, 3.63) is 157 Å². The first-order valence-electron chi connectivity index (χ1n) is 15.9. The molecule has 9 rings (SSSR count). The zero-order valence-electron chi connectivity index (χ0n) is 26.1. The fourth-order valence-corrected chi connectivity index (χ4v) is 8.07. The standard InChI is InChI=1S/C44H24N4S/c45-25-27-17-19-47-39(21-27)29-9-13-31(14-10-29)43-34-6-1-2-7-35(34)44(32-15-11-30(12-16-32)40-22-28(26-46)18-20-48-40)38-24-42-36(23-37(38)43)33-5-3-4-8-41(33)49-42/h1-24H. The van der Waals surface area contributed by atoms with Crippen molar-refractivity contribution in [3.63, 3.8) is 0 Å². The quantitative estimate of drug-likeness (QED) is 0.179. The molecule has 0 saturated heterocycles. The maximum Gasteiger partial charge on any atom is 0.0992 e. The number of nitrogens with zero attached hydrogens (tertiary/aromatic N) is 4. The summed E-state index contributed by atoms with van der Waals surface area (Å²) in [5, 5.41) is 26.1. The van der Waals surface area contributed by atoms with E-state index < -0.39 is 0 Å². The summed E-state index contributed by atoms with van der Waals surface area (Å²) in [6.45, 7) is 0. The van der Waals surface area contributed by atoms with E-state index in [4.69, 9.17) is 0 Å². The van der Waals surface area contributed by atoms with Gasteiger partial charge >= 0.3 is 0 Å². The number of rotatable bonds is 4. The van der Waals surface area contributed by atoms with Gasteiger partial charge in [0, 0.05) is 43.7 Å². The Morgan fingerprint density at radius 1 is 0.408 bits per heavy atom. The molecule has 0 saturated carbocycles. The van der Waals surface area contributed by atoms with E-state index in [1.165, 1.54) is 52.8 Å². The van der Waals surface area contributed by atoms with Gasteiger partial charge in [-0.3, -0.25) is 9.97 Å². The molecule has 0 aliphatic rings. The van der Waals surface area contributed by atoms with Crippen molar-refractivity contribution in [1.82, 2.24) is 9.97 Å². The molecule has 9 aromatic rings. The van der Waals surface area contributed by atoms with Crippen LogP contribution in [0.1, 0.15) is 11.1 Å². The Labute approximate surface area is 286 Å². The average Bonchev–Trinajstić information content (AvgIpc) is 3.54. The highest BCUT2D eigenvalue weighted by Gasteiger charge is 2.19. The third-order valence-electron chi connectivity index (χ3n) is 9.24. The SMILES string of the molecule is N#Cc1ccnc(-c2ccc(-c3c4ccccc4c(-c4ccc(-c5cc(C#N)ccn5)cc4)c4cc5c(cc34)sc3ccccc35)cc2)c1. The van der Waals surface area contributed by atoms with Crippen LogP contribution in [0.5, 0.6) is 0 Å². The topological polar surface area (TPSA) is 73.4 Å². The molecule has 0 N–H and O–H groups in total. The van der Waals surface area contributed by atoms with Crippen molar-refractivity contribution in [2.45, 2.75) is 0 Å². The van der Waals surface area contributed by atoms with Crippen LogP contribution in [0.25, 0.3) is 86.5 Å². The van der Waals surface area contributed by atoms with Crippen molar-refractivity contribution in [3.8, 4) is 56.9 Å². The zero-order valence-corrected chi connectivity index (χ0v) is 26.9. The molecule has 4 nitrogen and oxygen atoms in total. The van der Waals surface area contributed by atoms with Crippen LogP contribution in [-0.4, -0.2) is 9.97 Å². The van der Waals surface area contributed by atoms with Gasteiger partial charge in [-0.05, 0) is 86.3 Å². The predicted octanol–water partition coefficient (Wildman–Crippen LogP) is 11.6. The van der Waals surface area contributed by atoms with Crippen LogP contribution in [0.4, 0.5) is 0 Å². The van der Waals surface area contributed by atoms with Crippen LogP contribution in [-0.2, 0) is 0 Å². The molecule has 0 fully saturated rings. The molecule has 0 radical (unpaired) electrons. The van der Waals surface area contributed by atoms with E-state index in [2.05, 4.69) is 131 Å². The van der Waals surface area contributed by atoms with Gasteiger partial charge in [0.2, 0.25) is 0 Å². The molecule has 0 spiro atoms. The summed E-state index contributed by atoms with van der Waals surface area (Å²) >= 11 is 1.83. The van der Waals surface area contributed by atoms with E-state index in [0.29, 0.717) is 11.1 Å². The second-order valence-electron chi connectivity index (χ2n) is 12.0. The van der Waals surface area contributed by atoms with Gasteiger partial charge in [-0.1, -0.05) is 91.0 Å². The number of aromatic nitrogens is 2. The number of benzene rings is 6. The Morgan fingerprint density at radius 2 is 0.878 bits per heavy atom. The first-order valence-corrected chi connectivity index (χ1v) is 16.7. The second kappa shape index (κ2) is 11.5. The summed E-state index contributed by atoms with van der Waals surface area (Å²) in [7, 11) is 0. The van der Waals surface area contributed by atoms with Crippen LogP contribution in [0.3, 0.4) is 0 Å². The second-order valence-corrected chi connectivity index (χ2v) is 13.1. The first-order chi connectivity index (χ1) is 24.2. The van der Waals surface area contributed by atoms with E-state index in [1.807, 2.05) is 23.5 Å². The zero-order chi connectivity index (χ0) is 32.9. The molecule has 226 valence electrons. The molecular formula is C44H24N4S. The average molecular weight is 641 g/mol. The van der Waals surface area contributed by atoms with Crippen molar-refractivity contribution in [2.24, 2.45) is 0 Å². The van der Waals surface area contributed by atoms with Crippen LogP contribution in [0, 0.1) is 22.7 Å². The van der Waals surface area contributed by atoms with E-state index >= 15 is 0 Å². The van der Waals surface area contributed by atoms with Crippen molar-refractivity contribution in [1.29, 1.82) is 10.5 Å². The lowest BCUT2D eigenvalue weighted by Gasteiger charge is -2.18. The summed E-state index contributed by atoms with van der Waals surface area (Å²) in [6, 6.07) is 50.7. The highest BCUT2D eigenvalue weighted by atomic mass is 32.1. The van der Waals surface area contributed by atoms with Gasteiger partial charge in [0.25, 0.3) is 0 Å². The van der Waals surface area contributed by atoms with Gasteiger partial charge in [-0.15, -0.1) is 11.3 Å². The highest BCUT2D eigenvalue weighted by molar-refractivity contribution is 7.25. The molecule has 0 aliphatic heterocycles. The van der Waals surface area contributed by atoms with Crippen molar-refractivity contribution >= 4 is 53.1 Å². The van der Waals surface area contributed by atoms with E-state index in [0.717, 1.165) is 33.6 Å². The van der Waals surface area contributed by atoms with E-state index in [1.54, 1.807) is 24.5 Å². The van der Waals surface area contributed by atoms with Crippen LogP contribution in [0.2, 0.25) is 0 Å². The molecule has 49 heavy (non-hydrogen) atoms. The van der Waals surface area contributed by atoms with Crippen LogP contribution >= 0.6 is 11.3 Å². The number of nitriles is 2. The number of hydrogen-bond acceptors (Lipinski definition) is 5. The molecule has 0 amide bonds. The minimum absolute atomic E-state index is 0.591. The molecule has 0 atom stereocenters. The fraction of sp³-hybridized carbons (Fsp3) is 0. The maximum atomic E-state index is 9.43. The van der Waals surface area contributed by atoms with Crippen LogP contribution in [0.15, 0.2) is 146 Å². The molecule has 6 aromatic carbocycles. The molecule has 0 aliphatic carbocycles. The lowest BCUT2D eigenvalue weighted by molar-refractivity contribution is 1.31. The minimum atomic E-state index is 0.591. The normalized spacial score (nSPS) is 11.2. The highest BCUT2D eigenvalue weighted by Crippen LogP contribution is 2.47. The lowest BCUT2D eigenvalue weighted by Crippen LogP contribution is -1.92. The number of fused-ring (bicyclic) bond motifs is 5. The smallest absolute Gasteiger partial charge is 0.0992 e. The van der Waals surface area contributed by atoms with E-state index in [-0.39, 0.29) is 0 Å². The maximum absolute atomic E-state index is 9.43. The van der Waals surface area contributed by atoms with Crippen molar-refractivity contribution < 1.29 is 0 Å². The third-order valence-corrected chi connectivity index (χ3v) is 10.4. The summed E-state index contributed by atoms with van der Waals surface area (Å²) in [6.07, 6.45) is 3.37. The van der Waals surface area contributed by atoms with Gasteiger partial charge < -0.3 is 0 Å². The third kappa shape index (κ3) is 4.81. The first kappa shape index (κ1) is 28.6. The van der Waals surface area contributed by atoms with Gasteiger partial charge in [0.05, 0.1) is 34.7 Å². The monoisotopic (exact) mass is 640 g/mol. The molecule has 0 unspecified atom stereocenters. The van der Waals surface area contributed by atoms with Gasteiger partial charge in [-0.25, -0.2) is 0 Å². The number of pyridine rings is 2. The van der Waals surface area contributed by atoms with Crippen molar-refractivity contribution in [2.75, 3.05) is 0 Å². The molecule has 5 heteroatoms. The Bertz CT molecular complexity index is 2840. The summed E-state index contributed by atoms with van der Waals surface area (Å²) < 4.78 is 2.53.